The lowest BCUT2D eigenvalue weighted by Gasteiger charge is -2.32. The van der Waals surface area contributed by atoms with Crippen molar-refractivity contribution in [3.8, 4) is 0 Å². The molecule has 0 spiro atoms. The Hall–Kier alpha value is -0.0400. The first-order valence-electron chi connectivity index (χ1n) is 4.43. The highest BCUT2D eigenvalue weighted by molar-refractivity contribution is 4.77. The number of hydrogen-bond acceptors (Lipinski definition) is 1. The second-order valence-corrected chi connectivity index (χ2v) is 3.53. The second-order valence-electron chi connectivity index (χ2n) is 3.53. The molecule has 0 amide bonds. The summed E-state index contributed by atoms with van der Waals surface area (Å²) < 4.78 is 0. The van der Waals surface area contributed by atoms with E-state index in [1.54, 1.807) is 0 Å². The van der Waals surface area contributed by atoms with Gasteiger partial charge in [0, 0.05) is 0 Å². The van der Waals surface area contributed by atoms with Crippen molar-refractivity contribution in [2.24, 2.45) is 11.8 Å². The van der Waals surface area contributed by atoms with Gasteiger partial charge in [-0.3, -0.25) is 0 Å². The van der Waals surface area contributed by atoms with Crippen LogP contribution in [0, 0.1) is 11.8 Å². The molecule has 1 aliphatic rings. The van der Waals surface area contributed by atoms with E-state index in [0.29, 0.717) is 5.92 Å². The lowest BCUT2D eigenvalue weighted by Crippen LogP contribution is -2.29. The Morgan fingerprint density at radius 1 is 1.40 bits per heavy atom. The molecular weight excluding hydrogens is 124 g/mol. The summed E-state index contributed by atoms with van der Waals surface area (Å²) in [5.74, 6) is 1.32. The molecule has 1 N–H and O–H groups in total. The molecule has 0 bridgehead atoms. The van der Waals surface area contributed by atoms with Crippen molar-refractivity contribution in [2.75, 3.05) is 0 Å². The molecule has 0 heterocycles. The first-order valence-corrected chi connectivity index (χ1v) is 4.43. The van der Waals surface area contributed by atoms with Gasteiger partial charge in [0.2, 0.25) is 0 Å². The van der Waals surface area contributed by atoms with E-state index >= 15 is 0 Å². The molecule has 0 aromatic heterocycles. The molecule has 1 rings (SSSR count). The van der Waals surface area contributed by atoms with Crippen LogP contribution in [0.5, 0.6) is 0 Å². The van der Waals surface area contributed by atoms with Gasteiger partial charge in [-0.05, 0) is 18.3 Å². The number of aliphatic hydroxyl groups excluding tert-OH is 1. The minimum atomic E-state index is -0.0151. The van der Waals surface area contributed by atoms with Crippen LogP contribution in [0.4, 0.5) is 0 Å². The van der Waals surface area contributed by atoms with Crippen LogP contribution in [0.15, 0.2) is 0 Å². The van der Waals surface area contributed by atoms with Crippen LogP contribution in [0.25, 0.3) is 0 Å². The lowest BCUT2D eigenvalue weighted by atomic mass is 9.77. The van der Waals surface area contributed by atoms with Crippen molar-refractivity contribution in [2.45, 2.75) is 45.6 Å². The lowest BCUT2D eigenvalue weighted by molar-refractivity contribution is 0.0413. The molecular formula is C9H18O. The molecule has 1 nitrogen and oxygen atoms in total. The van der Waals surface area contributed by atoms with Crippen molar-refractivity contribution in [1.82, 2.24) is 0 Å². The minimum Gasteiger partial charge on any atom is -0.393 e. The molecule has 10 heavy (non-hydrogen) atoms. The minimum absolute atomic E-state index is 0.0151. The van der Waals surface area contributed by atoms with Gasteiger partial charge < -0.3 is 5.11 Å². The third-order valence-electron chi connectivity index (χ3n) is 2.95. The van der Waals surface area contributed by atoms with Gasteiger partial charge in [-0.1, -0.05) is 33.1 Å². The van der Waals surface area contributed by atoms with E-state index in [2.05, 4.69) is 13.8 Å². The summed E-state index contributed by atoms with van der Waals surface area (Å²) in [5, 5.41) is 9.48. The molecule has 60 valence electrons. The number of aliphatic hydroxyl groups is 1. The van der Waals surface area contributed by atoms with Crippen LogP contribution in [-0.4, -0.2) is 11.2 Å². The third kappa shape index (κ3) is 1.51. The fourth-order valence-electron chi connectivity index (χ4n) is 2.01. The summed E-state index contributed by atoms with van der Waals surface area (Å²) >= 11 is 0. The Balaban J connectivity index is 2.42. The predicted octanol–water partition coefficient (Wildman–Crippen LogP) is 2.19. The van der Waals surface area contributed by atoms with Crippen LogP contribution in [0.3, 0.4) is 0 Å². The highest BCUT2D eigenvalue weighted by Gasteiger charge is 2.26. The molecule has 0 aromatic carbocycles. The maximum absolute atomic E-state index is 9.48. The average molecular weight is 142 g/mol. The Morgan fingerprint density at radius 2 is 2.10 bits per heavy atom. The zero-order valence-corrected chi connectivity index (χ0v) is 7.01. The molecule has 3 unspecified atom stereocenters. The molecule has 1 fully saturated rings. The van der Waals surface area contributed by atoms with E-state index in [1.165, 1.54) is 19.3 Å². The van der Waals surface area contributed by atoms with E-state index in [4.69, 9.17) is 0 Å². The van der Waals surface area contributed by atoms with Crippen LogP contribution >= 0.6 is 0 Å². The van der Waals surface area contributed by atoms with Crippen molar-refractivity contribution >= 4 is 0 Å². The Kier molecular flexibility index (Phi) is 2.72. The van der Waals surface area contributed by atoms with Crippen molar-refractivity contribution < 1.29 is 5.11 Å². The van der Waals surface area contributed by atoms with Gasteiger partial charge in [0.05, 0.1) is 6.10 Å². The molecule has 0 saturated heterocycles. The first kappa shape index (κ1) is 8.06. The molecule has 1 saturated carbocycles. The van der Waals surface area contributed by atoms with E-state index in [1.807, 2.05) is 0 Å². The van der Waals surface area contributed by atoms with E-state index in [-0.39, 0.29) is 6.10 Å². The SMILES string of the molecule is CCC1CCCC(O)C1C. The maximum atomic E-state index is 9.48. The van der Waals surface area contributed by atoms with Crippen molar-refractivity contribution in [3.05, 3.63) is 0 Å². The van der Waals surface area contributed by atoms with Crippen LogP contribution in [0.1, 0.15) is 39.5 Å². The van der Waals surface area contributed by atoms with Crippen molar-refractivity contribution in [3.63, 3.8) is 0 Å². The highest BCUT2D eigenvalue weighted by Crippen LogP contribution is 2.31. The molecule has 0 aromatic rings. The van der Waals surface area contributed by atoms with Crippen LogP contribution < -0.4 is 0 Å². The van der Waals surface area contributed by atoms with E-state index in [0.717, 1.165) is 12.3 Å². The van der Waals surface area contributed by atoms with E-state index < -0.39 is 0 Å². The summed E-state index contributed by atoms with van der Waals surface area (Å²) in [7, 11) is 0. The Labute approximate surface area is 63.4 Å². The topological polar surface area (TPSA) is 20.2 Å². The average Bonchev–Trinajstić information content (AvgIpc) is 1.95. The van der Waals surface area contributed by atoms with Crippen LogP contribution in [-0.2, 0) is 0 Å². The normalized spacial score (nSPS) is 41.7. The highest BCUT2D eigenvalue weighted by atomic mass is 16.3. The number of rotatable bonds is 1. The quantitative estimate of drug-likeness (QED) is 0.595. The third-order valence-corrected chi connectivity index (χ3v) is 2.95. The van der Waals surface area contributed by atoms with Crippen molar-refractivity contribution in [1.29, 1.82) is 0 Å². The predicted molar refractivity (Wildman–Crippen MR) is 42.8 cm³/mol. The largest absolute Gasteiger partial charge is 0.393 e. The Morgan fingerprint density at radius 3 is 2.60 bits per heavy atom. The summed E-state index contributed by atoms with van der Waals surface area (Å²) in [6.45, 7) is 4.40. The number of hydrogen-bond donors (Lipinski definition) is 1. The zero-order chi connectivity index (χ0) is 7.56. The van der Waals surface area contributed by atoms with Gasteiger partial charge in [0.25, 0.3) is 0 Å². The molecule has 1 heteroatoms. The maximum Gasteiger partial charge on any atom is 0.0568 e. The zero-order valence-electron chi connectivity index (χ0n) is 7.01. The summed E-state index contributed by atoms with van der Waals surface area (Å²) in [6, 6.07) is 0. The van der Waals surface area contributed by atoms with Gasteiger partial charge in [-0.15, -0.1) is 0 Å². The summed E-state index contributed by atoms with van der Waals surface area (Å²) in [6.07, 6.45) is 4.80. The smallest absolute Gasteiger partial charge is 0.0568 e. The van der Waals surface area contributed by atoms with Gasteiger partial charge in [-0.25, -0.2) is 0 Å². The van der Waals surface area contributed by atoms with Gasteiger partial charge in [0.1, 0.15) is 0 Å². The monoisotopic (exact) mass is 142 g/mol. The molecule has 3 atom stereocenters. The van der Waals surface area contributed by atoms with Gasteiger partial charge in [-0.2, -0.15) is 0 Å². The standard InChI is InChI=1S/C9H18O/c1-3-8-5-4-6-9(10)7(8)2/h7-10H,3-6H2,1-2H3. The Bertz CT molecular complexity index is 101. The molecule has 0 radical (unpaired) electrons. The van der Waals surface area contributed by atoms with E-state index in [9.17, 15) is 5.11 Å². The fraction of sp³-hybridized carbons (Fsp3) is 1.00. The van der Waals surface area contributed by atoms with Gasteiger partial charge in [0.15, 0.2) is 0 Å². The summed E-state index contributed by atoms with van der Waals surface area (Å²) in [5.41, 5.74) is 0. The van der Waals surface area contributed by atoms with Gasteiger partial charge >= 0.3 is 0 Å². The molecule has 1 aliphatic carbocycles. The second kappa shape index (κ2) is 3.38. The first-order chi connectivity index (χ1) is 4.75. The van der Waals surface area contributed by atoms with Crippen LogP contribution in [0.2, 0.25) is 0 Å². The molecule has 0 aliphatic heterocycles. The summed E-state index contributed by atoms with van der Waals surface area (Å²) in [4.78, 5) is 0. The fourth-order valence-corrected chi connectivity index (χ4v) is 2.01.